The monoisotopic (exact) mass is 283 g/mol. The van der Waals surface area contributed by atoms with Gasteiger partial charge in [0.1, 0.15) is 0 Å². The quantitative estimate of drug-likeness (QED) is 0.756. The van der Waals surface area contributed by atoms with Crippen LogP contribution in [0.15, 0.2) is 42.5 Å². The first-order valence-corrected chi connectivity index (χ1v) is 7.53. The van der Waals surface area contributed by atoms with E-state index < -0.39 is 0 Å². The molecule has 0 heterocycles. The second kappa shape index (κ2) is 5.78. The van der Waals surface area contributed by atoms with Crippen LogP contribution < -0.4 is 5.32 Å². The highest BCUT2D eigenvalue weighted by Gasteiger charge is 2.34. The van der Waals surface area contributed by atoms with Gasteiger partial charge in [0.05, 0.1) is 0 Å². The molecule has 0 fully saturated rings. The Hall–Kier alpha value is -2.00. The van der Waals surface area contributed by atoms with Crippen molar-refractivity contribution in [3.05, 3.63) is 59.2 Å². The van der Waals surface area contributed by atoms with E-state index in [1.54, 1.807) is 12.1 Å². The van der Waals surface area contributed by atoms with Gasteiger partial charge < -0.3 is 15.5 Å². The summed E-state index contributed by atoms with van der Waals surface area (Å²) in [6.07, 6.45) is 1.97. The molecule has 0 bridgehead atoms. The Labute approximate surface area is 125 Å². The van der Waals surface area contributed by atoms with E-state index in [4.69, 9.17) is 0 Å². The van der Waals surface area contributed by atoms with Crippen LogP contribution in [0.5, 0.6) is 11.5 Å². The molecule has 1 aliphatic rings. The summed E-state index contributed by atoms with van der Waals surface area (Å²) in [4.78, 5) is 0. The summed E-state index contributed by atoms with van der Waals surface area (Å²) in [5, 5.41) is 23.2. The number of hydrogen-bond acceptors (Lipinski definition) is 3. The van der Waals surface area contributed by atoms with Gasteiger partial charge in [-0.1, -0.05) is 37.3 Å². The summed E-state index contributed by atoms with van der Waals surface area (Å²) in [6, 6.07) is 14.1. The first-order valence-electron chi connectivity index (χ1n) is 7.53. The Morgan fingerprint density at radius 1 is 1.10 bits per heavy atom. The molecule has 3 heteroatoms. The van der Waals surface area contributed by atoms with E-state index in [2.05, 4.69) is 24.4 Å². The third-order valence-electron chi connectivity index (χ3n) is 4.23. The number of phenols is 2. The van der Waals surface area contributed by atoms with Gasteiger partial charge in [-0.05, 0) is 48.2 Å². The van der Waals surface area contributed by atoms with Crippen LogP contribution >= 0.6 is 0 Å². The van der Waals surface area contributed by atoms with E-state index in [1.165, 1.54) is 5.56 Å². The molecule has 0 saturated carbocycles. The molecule has 2 atom stereocenters. The van der Waals surface area contributed by atoms with Gasteiger partial charge in [0.25, 0.3) is 0 Å². The predicted octanol–water partition coefficient (Wildman–Crippen LogP) is 3.15. The van der Waals surface area contributed by atoms with Gasteiger partial charge in [0.2, 0.25) is 0 Å². The Morgan fingerprint density at radius 2 is 1.81 bits per heavy atom. The lowest BCUT2D eigenvalue weighted by atomic mass is 9.90. The lowest BCUT2D eigenvalue weighted by molar-refractivity contribution is 0.403. The minimum Gasteiger partial charge on any atom is -0.504 e. The van der Waals surface area contributed by atoms with Crippen LogP contribution in [0.2, 0.25) is 0 Å². The number of fused-ring (bicyclic) bond motifs is 1. The smallest absolute Gasteiger partial charge is 0.157 e. The van der Waals surface area contributed by atoms with Gasteiger partial charge in [0.15, 0.2) is 11.5 Å². The first kappa shape index (κ1) is 14.0. The molecule has 0 saturated heterocycles. The molecule has 3 rings (SSSR count). The third-order valence-corrected chi connectivity index (χ3v) is 4.23. The molecule has 0 aromatic heterocycles. The van der Waals surface area contributed by atoms with Crippen molar-refractivity contribution in [2.45, 2.75) is 31.7 Å². The number of hydrogen-bond donors (Lipinski definition) is 3. The molecule has 110 valence electrons. The van der Waals surface area contributed by atoms with Crippen molar-refractivity contribution in [1.82, 2.24) is 5.32 Å². The van der Waals surface area contributed by atoms with Crippen LogP contribution in [0.4, 0.5) is 0 Å². The van der Waals surface area contributed by atoms with Gasteiger partial charge in [0, 0.05) is 12.0 Å². The molecule has 0 aliphatic heterocycles. The summed E-state index contributed by atoms with van der Waals surface area (Å²) in [5.41, 5.74) is 3.48. The summed E-state index contributed by atoms with van der Waals surface area (Å²) in [5.74, 6) is 0.154. The molecule has 0 spiro atoms. The van der Waals surface area contributed by atoms with Crippen LogP contribution in [0.3, 0.4) is 0 Å². The number of phenolic OH excluding ortho intramolecular Hbond substituents is 2. The molecule has 0 radical (unpaired) electrons. The number of aromatic hydroxyl groups is 2. The van der Waals surface area contributed by atoms with Crippen LogP contribution in [-0.4, -0.2) is 22.8 Å². The van der Waals surface area contributed by atoms with Crippen molar-refractivity contribution in [3.8, 4) is 11.5 Å². The first-order chi connectivity index (χ1) is 10.2. The maximum atomic E-state index is 9.84. The van der Waals surface area contributed by atoms with Crippen molar-refractivity contribution < 1.29 is 10.2 Å². The molecular formula is C18H21NO2. The fourth-order valence-electron chi connectivity index (χ4n) is 3.27. The topological polar surface area (TPSA) is 52.5 Å². The predicted molar refractivity (Wildman–Crippen MR) is 83.8 cm³/mol. The number of benzene rings is 2. The molecule has 0 unspecified atom stereocenters. The average Bonchev–Trinajstić information content (AvgIpc) is 2.84. The molecule has 2 aromatic carbocycles. The Balaban J connectivity index is 2.02. The molecule has 1 aliphatic carbocycles. The molecule has 21 heavy (non-hydrogen) atoms. The van der Waals surface area contributed by atoms with Crippen molar-refractivity contribution in [3.63, 3.8) is 0 Å². The zero-order valence-corrected chi connectivity index (χ0v) is 12.2. The summed E-state index contributed by atoms with van der Waals surface area (Å²) < 4.78 is 0. The highest BCUT2D eigenvalue weighted by Crippen LogP contribution is 2.42. The van der Waals surface area contributed by atoms with Crippen LogP contribution in [0.1, 0.15) is 36.0 Å². The lowest BCUT2D eigenvalue weighted by Gasteiger charge is -2.22. The fourth-order valence-corrected chi connectivity index (χ4v) is 3.27. The second-order valence-corrected chi connectivity index (χ2v) is 5.69. The summed E-state index contributed by atoms with van der Waals surface area (Å²) in [6.45, 7) is 3.13. The molecule has 0 amide bonds. The van der Waals surface area contributed by atoms with Gasteiger partial charge in [-0.2, -0.15) is 0 Å². The van der Waals surface area contributed by atoms with Gasteiger partial charge in [-0.15, -0.1) is 0 Å². The lowest BCUT2D eigenvalue weighted by Crippen LogP contribution is -2.33. The van der Waals surface area contributed by atoms with Crippen molar-refractivity contribution >= 4 is 0 Å². The summed E-state index contributed by atoms with van der Waals surface area (Å²) in [7, 11) is 0. The minimum atomic E-state index is -0.0363. The Bertz CT molecular complexity index is 625. The highest BCUT2D eigenvalue weighted by molar-refractivity contribution is 5.53. The maximum Gasteiger partial charge on any atom is 0.157 e. The van der Waals surface area contributed by atoms with Gasteiger partial charge in [-0.3, -0.25) is 0 Å². The zero-order valence-electron chi connectivity index (χ0n) is 12.2. The van der Waals surface area contributed by atoms with Crippen LogP contribution in [0.25, 0.3) is 0 Å². The van der Waals surface area contributed by atoms with Crippen molar-refractivity contribution in [1.29, 1.82) is 0 Å². The van der Waals surface area contributed by atoms with Gasteiger partial charge in [-0.25, -0.2) is 0 Å². The minimum absolute atomic E-state index is 0.0308. The van der Waals surface area contributed by atoms with E-state index in [9.17, 15) is 10.2 Å². The van der Waals surface area contributed by atoms with E-state index in [0.29, 0.717) is 6.04 Å². The van der Waals surface area contributed by atoms with E-state index in [1.807, 2.05) is 18.2 Å². The van der Waals surface area contributed by atoms with Crippen molar-refractivity contribution in [2.24, 2.45) is 0 Å². The van der Waals surface area contributed by atoms with E-state index in [-0.39, 0.29) is 17.4 Å². The maximum absolute atomic E-state index is 9.84. The molecule has 3 N–H and O–H groups in total. The summed E-state index contributed by atoms with van der Waals surface area (Å²) >= 11 is 0. The fraction of sp³-hybridized carbons (Fsp3) is 0.333. The zero-order chi connectivity index (χ0) is 14.8. The average molecular weight is 283 g/mol. The largest absolute Gasteiger partial charge is 0.504 e. The standard InChI is InChI=1S/C18H21NO2/c1-2-8-19-15-9-13-10-16(20)17(21)11-14(13)18(15)12-6-4-3-5-7-12/h3-7,10-11,15,18-21H,2,8-9H2,1H3/t15-,18-/m0/s1. The second-order valence-electron chi connectivity index (χ2n) is 5.69. The van der Waals surface area contributed by atoms with E-state index in [0.717, 1.165) is 30.5 Å². The van der Waals surface area contributed by atoms with Gasteiger partial charge >= 0.3 is 0 Å². The number of rotatable bonds is 4. The molecule has 3 nitrogen and oxygen atoms in total. The van der Waals surface area contributed by atoms with Crippen LogP contribution in [0, 0.1) is 0 Å². The Kier molecular flexibility index (Phi) is 3.84. The highest BCUT2D eigenvalue weighted by atomic mass is 16.3. The molecule has 2 aromatic rings. The SMILES string of the molecule is CCCN[C@H]1Cc2cc(O)c(O)cc2[C@@H]1c1ccccc1. The van der Waals surface area contributed by atoms with Crippen molar-refractivity contribution in [2.75, 3.05) is 6.54 Å². The third kappa shape index (κ3) is 2.61. The number of nitrogens with one attached hydrogen (secondary N) is 1. The Morgan fingerprint density at radius 3 is 2.52 bits per heavy atom. The van der Waals surface area contributed by atoms with E-state index >= 15 is 0 Å². The normalized spacial score (nSPS) is 20.4. The van der Waals surface area contributed by atoms with Crippen LogP contribution in [-0.2, 0) is 6.42 Å². The molecular weight excluding hydrogens is 262 g/mol.